The number of halogens is 1. The predicted octanol–water partition coefficient (Wildman–Crippen LogP) is 1.72. The number of aliphatic hydroxyl groups is 1. The van der Waals surface area contributed by atoms with Gasteiger partial charge in [0, 0.05) is 19.6 Å². The van der Waals surface area contributed by atoms with Gasteiger partial charge in [-0.05, 0) is 23.6 Å². The van der Waals surface area contributed by atoms with E-state index in [0.29, 0.717) is 19.8 Å². The molecule has 1 fully saturated rings. The zero-order valence-electron chi connectivity index (χ0n) is 14.4. The summed E-state index contributed by atoms with van der Waals surface area (Å²) in [6, 6.07) is 6.37. The molecule has 1 aliphatic heterocycles. The number of benzene rings is 1. The largest absolute Gasteiger partial charge is 0.392 e. The highest BCUT2D eigenvalue weighted by atomic mass is 19.1. The number of carbonyl (C=O) groups is 1. The van der Waals surface area contributed by atoms with Crippen LogP contribution in [-0.2, 0) is 9.53 Å². The molecule has 1 aromatic rings. The highest BCUT2D eigenvalue weighted by Gasteiger charge is 2.24. The molecule has 6 heteroatoms. The molecule has 0 aromatic heterocycles. The molecule has 2 N–H and O–H groups in total. The first-order chi connectivity index (χ1) is 11.5. The van der Waals surface area contributed by atoms with Crippen molar-refractivity contribution in [1.29, 1.82) is 0 Å². The highest BCUT2D eigenvalue weighted by Crippen LogP contribution is 2.22. The van der Waals surface area contributed by atoms with Crippen molar-refractivity contribution in [3.63, 3.8) is 0 Å². The molecular weight excluding hydrogens is 311 g/mol. The lowest BCUT2D eigenvalue weighted by Gasteiger charge is -2.35. The topological polar surface area (TPSA) is 61.8 Å². The molecule has 1 aromatic carbocycles. The van der Waals surface area contributed by atoms with Crippen molar-refractivity contribution in [2.24, 2.45) is 5.92 Å². The third kappa shape index (κ3) is 5.54. The molecule has 24 heavy (non-hydrogen) atoms. The Labute approximate surface area is 142 Å². The summed E-state index contributed by atoms with van der Waals surface area (Å²) in [7, 11) is 0. The van der Waals surface area contributed by atoms with Crippen molar-refractivity contribution in [1.82, 2.24) is 10.2 Å². The lowest BCUT2D eigenvalue weighted by atomic mass is 10.0. The van der Waals surface area contributed by atoms with Gasteiger partial charge in [0.2, 0.25) is 5.91 Å². The number of rotatable bonds is 7. The van der Waals surface area contributed by atoms with E-state index in [1.54, 1.807) is 6.07 Å². The van der Waals surface area contributed by atoms with Gasteiger partial charge in [-0.2, -0.15) is 0 Å². The average Bonchev–Trinajstić information content (AvgIpc) is 2.56. The van der Waals surface area contributed by atoms with Gasteiger partial charge in [-0.15, -0.1) is 0 Å². The molecule has 134 valence electrons. The van der Waals surface area contributed by atoms with E-state index in [4.69, 9.17) is 4.74 Å². The molecule has 0 saturated carbocycles. The monoisotopic (exact) mass is 338 g/mol. The van der Waals surface area contributed by atoms with Gasteiger partial charge >= 0.3 is 0 Å². The summed E-state index contributed by atoms with van der Waals surface area (Å²) in [5.74, 6) is -0.438. The Morgan fingerprint density at radius 3 is 2.71 bits per heavy atom. The molecule has 2 atom stereocenters. The molecule has 1 saturated heterocycles. The summed E-state index contributed by atoms with van der Waals surface area (Å²) >= 11 is 0. The summed E-state index contributed by atoms with van der Waals surface area (Å²) < 4.78 is 19.0. The number of morpholine rings is 1. The van der Waals surface area contributed by atoms with Crippen molar-refractivity contribution in [2.75, 3.05) is 32.8 Å². The standard InChI is InChI=1S/C18H27FN2O3/c1-13(2)17(22)11-18(23)20-12-16(21-6-8-24-9-7-21)14-4-3-5-15(19)10-14/h3-5,10,13,16-17,22H,6-9,11-12H2,1-2H3,(H,20,23). The first-order valence-electron chi connectivity index (χ1n) is 8.49. The van der Waals surface area contributed by atoms with Crippen molar-refractivity contribution in [2.45, 2.75) is 32.4 Å². The Morgan fingerprint density at radius 2 is 2.08 bits per heavy atom. The second-order valence-corrected chi connectivity index (χ2v) is 6.54. The molecule has 5 nitrogen and oxygen atoms in total. The van der Waals surface area contributed by atoms with Gasteiger partial charge in [-0.25, -0.2) is 4.39 Å². The van der Waals surface area contributed by atoms with Gasteiger partial charge in [0.1, 0.15) is 5.82 Å². The predicted molar refractivity (Wildman–Crippen MR) is 90.0 cm³/mol. The third-order valence-electron chi connectivity index (χ3n) is 4.38. The fourth-order valence-corrected chi connectivity index (χ4v) is 2.77. The Bertz CT molecular complexity index is 533. The maximum Gasteiger partial charge on any atom is 0.222 e. The number of nitrogens with zero attached hydrogens (tertiary/aromatic N) is 1. The Hall–Kier alpha value is -1.50. The maximum atomic E-state index is 13.6. The average molecular weight is 338 g/mol. The number of aliphatic hydroxyl groups excluding tert-OH is 1. The first-order valence-corrected chi connectivity index (χ1v) is 8.49. The molecular formula is C18H27FN2O3. The van der Waals surface area contributed by atoms with E-state index < -0.39 is 6.10 Å². The van der Waals surface area contributed by atoms with Crippen LogP contribution in [-0.4, -0.2) is 54.9 Å². The van der Waals surface area contributed by atoms with Crippen LogP contribution in [0.5, 0.6) is 0 Å². The van der Waals surface area contributed by atoms with Crippen molar-refractivity contribution >= 4 is 5.91 Å². The fraction of sp³-hybridized carbons (Fsp3) is 0.611. The van der Waals surface area contributed by atoms with Crippen LogP contribution in [0.15, 0.2) is 24.3 Å². The van der Waals surface area contributed by atoms with Gasteiger partial charge in [0.05, 0.1) is 31.8 Å². The van der Waals surface area contributed by atoms with Crippen LogP contribution in [0.2, 0.25) is 0 Å². The summed E-state index contributed by atoms with van der Waals surface area (Å²) in [6.07, 6.45) is -0.572. The van der Waals surface area contributed by atoms with Crippen LogP contribution < -0.4 is 5.32 Å². The molecule has 0 aliphatic carbocycles. The normalized spacial score (nSPS) is 18.4. The second-order valence-electron chi connectivity index (χ2n) is 6.54. The van der Waals surface area contributed by atoms with Gasteiger partial charge in [0.25, 0.3) is 0 Å². The van der Waals surface area contributed by atoms with Gasteiger partial charge in [0.15, 0.2) is 0 Å². The van der Waals surface area contributed by atoms with Crippen molar-refractivity contribution < 1.29 is 19.0 Å². The van der Waals surface area contributed by atoms with E-state index in [1.165, 1.54) is 12.1 Å². The zero-order chi connectivity index (χ0) is 17.5. The summed E-state index contributed by atoms with van der Waals surface area (Å²) in [5, 5.41) is 12.7. The van der Waals surface area contributed by atoms with Gasteiger partial charge in [-0.1, -0.05) is 26.0 Å². The SMILES string of the molecule is CC(C)C(O)CC(=O)NCC(c1cccc(F)c1)N1CCOCC1. The number of nitrogens with one attached hydrogen (secondary N) is 1. The van der Waals surface area contributed by atoms with E-state index in [2.05, 4.69) is 10.2 Å². The van der Waals surface area contributed by atoms with Crippen LogP contribution in [0.3, 0.4) is 0 Å². The molecule has 1 amide bonds. The third-order valence-corrected chi connectivity index (χ3v) is 4.38. The second kappa shape index (κ2) is 9.11. The van der Waals surface area contributed by atoms with E-state index in [9.17, 15) is 14.3 Å². The van der Waals surface area contributed by atoms with Crippen LogP contribution in [0.1, 0.15) is 31.9 Å². The Balaban J connectivity index is 2.02. The van der Waals surface area contributed by atoms with Gasteiger partial charge < -0.3 is 15.2 Å². The molecule has 0 bridgehead atoms. The van der Waals surface area contributed by atoms with Gasteiger partial charge in [-0.3, -0.25) is 9.69 Å². The molecule has 2 unspecified atom stereocenters. The quantitative estimate of drug-likeness (QED) is 0.795. The smallest absolute Gasteiger partial charge is 0.222 e. The molecule has 0 radical (unpaired) electrons. The lowest BCUT2D eigenvalue weighted by Crippen LogP contribution is -2.44. The van der Waals surface area contributed by atoms with Crippen LogP contribution >= 0.6 is 0 Å². The fourth-order valence-electron chi connectivity index (χ4n) is 2.77. The highest BCUT2D eigenvalue weighted by molar-refractivity contribution is 5.76. The maximum absolute atomic E-state index is 13.6. The molecule has 1 aliphatic rings. The van der Waals surface area contributed by atoms with E-state index >= 15 is 0 Å². The minimum absolute atomic E-state index is 0.0361. The summed E-state index contributed by atoms with van der Waals surface area (Å²) in [4.78, 5) is 14.2. The van der Waals surface area contributed by atoms with Crippen LogP contribution in [0.4, 0.5) is 4.39 Å². The van der Waals surface area contributed by atoms with E-state index in [-0.39, 0.29) is 30.1 Å². The lowest BCUT2D eigenvalue weighted by molar-refractivity contribution is -0.123. The van der Waals surface area contributed by atoms with E-state index in [0.717, 1.165) is 18.7 Å². The summed E-state index contributed by atoms with van der Waals surface area (Å²) in [5.41, 5.74) is 0.835. The molecule has 0 spiro atoms. The van der Waals surface area contributed by atoms with Crippen LogP contribution in [0.25, 0.3) is 0 Å². The number of hydrogen-bond donors (Lipinski definition) is 2. The minimum atomic E-state index is -0.652. The van der Waals surface area contributed by atoms with Crippen molar-refractivity contribution in [3.8, 4) is 0 Å². The molecule has 2 rings (SSSR count). The number of ether oxygens (including phenoxy) is 1. The number of hydrogen-bond acceptors (Lipinski definition) is 4. The van der Waals surface area contributed by atoms with Crippen LogP contribution in [0, 0.1) is 11.7 Å². The van der Waals surface area contributed by atoms with Crippen molar-refractivity contribution in [3.05, 3.63) is 35.6 Å². The Morgan fingerprint density at radius 1 is 1.38 bits per heavy atom. The first kappa shape index (κ1) is 18.8. The number of amides is 1. The van der Waals surface area contributed by atoms with E-state index in [1.807, 2.05) is 19.9 Å². The summed E-state index contributed by atoms with van der Waals surface area (Å²) in [6.45, 7) is 6.88. The molecule has 1 heterocycles. The zero-order valence-corrected chi connectivity index (χ0v) is 14.4. The minimum Gasteiger partial charge on any atom is -0.392 e. The number of carbonyl (C=O) groups excluding carboxylic acids is 1. The Kier molecular flexibility index (Phi) is 7.15.